The van der Waals surface area contributed by atoms with Crippen molar-refractivity contribution >= 4 is 11.8 Å². The van der Waals surface area contributed by atoms with Crippen LogP contribution in [-0.4, -0.2) is 41.3 Å². The molecule has 2 atom stereocenters. The van der Waals surface area contributed by atoms with Crippen molar-refractivity contribution in [2.45, 2.75) is 18.6 Å². The Bertz CT molecular complexity index is 993. The maximum Gasteiger partial charge on any atom is 0.263 e. The predicted octanol–water partition coefficient (Wildman–Crippen LogP) is 3.68. The molecule has 0 spiro atoms. The molecule has 2 amide bonds. The summed E-state index contributed by atoms with van der Waals surface area (Å²) in [6.45, 7) is -0.125. The molecule has 2 unspecified atom stereocenters. The van der Waals surface area contributed by atoms with Crippen molar-refractivity contribution in [2.24, 2.45) is 0 Å². The third-order valence-corrected chi connectivity index (χ3v) is 5.36. The number of benzene rings is 3. The first-order valence-electron chi connectivity index (χ1n) is 9.99. The molecule has 4 rings (SSSR count). The van der Waals surface area contributed by atoms with E-state index in [2.05, 4.69) is 0 Å². The van der Waals surface area contributed by atoms with Gasteiger partial charge in [-0.1, -0.05) is 78.9 Å². The van der Waals surface area contributed by atoms with Gasteiger partial charge in [-0.15, -0.1) is 0 Å². The predicted molar refractivity (Wildman–Crippen MR) is 115 cm³/mol. The lowest BCUT2D eigenvalue weighted by Gasteiger charge is -2.30. The summed E-state index contributed by atoms with van der Waals surface area (Å²) < 4.78 is 5.71. The highest BCUT2D eigenvalue weighted by Gasteiger charge is 2.47. The van der Waals surface area contributed by atoms with Gasteiger partial charge in [-0.25, -0.2) is 0 Å². The molecule has 0 radical (unpaired) electrons. The van der Waals surface area contributed by atoms with Crippen molar-refractivity contribution < 1.29 is 14.3 Å². The SMILES string of the molecule is CN1C(=O)C(Cc2ccccc2)N(C(=O)COc2ccccc2)C1c1ccccc1. The number of para-hydroxylation sites is 1. The molecule has 0 aliphatic carbocycles. The van der Waals surface area contributed by atoms with Crippen LogP contribution < -0.4 is 4.74 Å². The number of hydrogen-bond donors (Lipinski definition) is 0. The summed E-state index contributed by atoms with van der Waals surface area (Å²) in [4.78, 5) is 29.8. The first kappa shape index (κ1) is 19.7. The van der Waals surface area contributed by atoms with Crippen LogP contribution in [-0.2, 0) is 16.0 Å². The second kappa shape index (κ2) is 8.82. The van der Waals surface area contributed by atoms with Gasteiger partial charge < -0.3 is 14.5 Å². The fourth-order valence-electron chi connectivity index (χ4n) is 3.91. The Kier molecular flexibility index (Phi) is 5.80. The van der Waals surface area contributed by atoms with Crippen LogP contribution in [0.15, 0.2) is 91.0 Å². The highest BCUT2D eigenvalue weighted by Crippen LogP contribution is 2.35. The van der Waals surface area contributed by atoms with E-state index in [-0.39, 0.29) is 18.4 Å². The van der Waals surface area contributed by atoms with Gasteiger partial charge in [0, 0.05) is 13.5 Å². The number of hydrogen-bond acceptors (Lipinski definition) is 3. The van der Waals surface area contributed by atoms with E-state index in [0.29, 0.717) is 12.2 Å². The Morgan fingerprint density at radius 2 is 1.43 bits per heavy atom. The van der Waals surface area contributed by atoms with Gasteiger partial charge in [0.25, 0.3) is 5.91 Å². The minimum atomic E-state index is -0.575. The number of ether oxygens (including phenoxy) is 1. The van der Waals surface area contributed by atoms with Crippen LogP contribution in [0.1, 0.15) is 17.3 Å². The van der Waals surface area contributed by atoms with E-state index in [9.17, 15) is 9.59 Å². The van der Waals surface area contributed by atoms with Crippen molar-refractivity contribution in [3.05, 3.63) is 102 Å². The van der Waals surface area contributed by atoms with Gasteiger partial charge in [0.2, 0.25) is 5.91 Å². The molecule has 30 heavy (non-hydrogen) atoms. The lowest BCUT2D eigenvalue weighted by molar-refractivity contribution is -0.138. The van der Waals surface area contributed by atoms with Crippen molar-refractivity contribution in [2.75, 3.05) is 13.7 Å². The fraction of sp³-hybridized carbons (Fsp3) is 0.200. The summed E-state index contributed by atoms with van der Waals surface area (Å²) in [7, 11) is 1.75. The maximum atomic E-state index is 13.3. The quantitative estimate of drug-likeness (QED) is 0.634. The highest BCUT2D eigenvalue weighted by atomic mass is 16.5. The average molecular weight is 400 g/mol. The maximum absolute atomic E-state index is 13.3. The second-order valence-electron chi connectivity index (χ2n) is 7.34. The van der Waals surface area contributed by atoms with E-state index in [1.165, 1.54) is 0 Å². The summed E-state index contributed by atoms with van der Waals surface area (Å²) in [5.74, 6) is 0.340. The second-order valence-corrected chi connectivity index (χ2v) is 7.34. The zero-order valence-corrected chi connectivity index (χ0v) is 16.8. The lowest BCUT2D eigenvalue weighted by Crippen LogP contribution is -2.43. The third kappa shape index (κ3) is 4.06. The van der Waals surface area contributed by atoms with Gasteiger partial charge in [0.1, 0.15) is 18.0 Å². The van der Waals surface area contributed by atoms with Crippen LogP contribution in [0.4, 0.5) is 0 Å². The number of likely N-dealkylation sites (N-methyl/N-ethyl adjacent to an activating group) is 1. The minimum Gasteiger partial charge on any atom is -0.484 e. The van der Waals surface area contributed by atoms with E-state index >= 15 is 0 Å². The zero-order chi connectivity index (χ0) is 20.9. The van der Waals surface area contributed by atoms with E-state index < -0.39 is 12.2 Å². The van der Waals surface area contributed by atoms with Gasteiger partial charge in [-0.3, -0.25) is 9.59 Å². The number of amides is 2. The molecule has 3 aromatic carbocycles. The molecule has 0 bridgehead atoms. The van der Waals surface area contributed by atoms with Crippen molar-refractivity contribution in [1.29, 1.82) is 0 Å². The van der Waals surface area contributed by atoms with Gasteiger partial charge in [0.15, 0.2) is 6.61 Å². The molecule has 0 aromatic heterocycles. The Balaban J connectivity index is 1.63. The first-order valence-corrected chi connectivity index (χ1v) is 9.99. The van der Waals surface area contributed by atoms with E-state index in [4.69, 9.17) is 4.74 Å². The Morgan fingerprint density at radius 3 is 2.07 bits per heavy atom. The largest absolute Gasteiger partial charge is 0.484 e. The zero-order valence-electron chi connectivity index (χ0n) is 16.8. The standard InChI is InChI=1S/C25H24N2O3/c1-26-24(20-13-7-3-8-14-20)27(23(28)18-30-21-15-9-4-10-16-21)22(25(26)29)17-19-11-5-2-6-12-19/h2-16,22,24H,17-18H2,1H3. The van der Waals surface area contributed by atoms with Crippen molar-refractivity contribution in [3.8, 4) is 5.75 Å². The molecule has 0 saturated carbocycles. The van der Waals surface area contributed by atoms with Crippen LogP contribution in [0.5, 0.6) is 5.75 Å². The number of carbonyl (C=O) groups excluding carboxylic acids is 2. The van der Waals surface area contributed by atoms with Gasteiger partial charge >= 0.3 is 0 Å². The summed E-state index contributed by atoms with van der Waals surface area (Å²) in [5.41, 5.74) is 1.91. The van der Waals surface area contributed by atoms with E-state index in [0.717, 1.165) is 11.1 Å². The smallest absolute Gasteiger partial charge is 0.263 e. The van der Waals surface area contributed by atoms with Crippen LogP contribution in [0.25, 0.3) is 0 Å². The molecular formula is C25H24N2O3. The van der Waals surface area contributed by atoms with Gasteiger partial charge in [-0.2, -0.15) is 0 Å². The normalized spacial score (nSPS) is 18.5. The molecule has 0 N–H and O–H groups in total. The number of nitrogens with zero attached hydrogens (tertiary/aromatic N) is 2. The summed E-state index contributed by atoms with van der Waals surface area (Å²) in [6, 6.07) is 28.1. The molecule has 1 aliphatic rings. The van der Waals surface area contributed by atoms with Gasteiger partial charge in [0.05, 0.1) is 0 Å². The Labute approximate surface area is 176 Å². The van der Waals surface area contributed by atoms with Gasteiger partial charge in [-0.05, 0) is 23.3 Å². The topological polar surface area (TPSA) is 49.9 Å². The molecule has 3 aromatic rings. The third-order valence-electron chi connectivity index (χ3n) is 5.36. The molecule has 5 heteroatoms. The number of rotatable bonds is 6. The van der Waals surface area contributed by atoms with E-state index in [1.54, 1.807) is 16.8 Å². The average Bonchev–Trinajstić information content (AvgIpc) is 3.04. The summed E-state index contributed by atoms with van der Waals surface area (Å²) in [5, 5.41) is 0. The van der Waals surface area contributed by atoms with Crippen LogP contribution >= 0.6 is 0 Å². The monoisotopic (exact) mass is 400 g/mol. The summed E-state index contributed by atoms with van der Waals surface area (Å²) >= 11 is 0. The van der Waals surface area contributed by atoms with Crippen LogP contribution in [0.2, 0.25) is 0 Å². The summed E-state index contributed by atoms with van der Waals surface area (Å²) in [6.07, 6.45) is 0.00373. The minimum absolute atomic E-state index is 0.0687. The Morgan fingerprint density at radius 1 is 0.867 bits per heavy atom. The van der Waals surface area contributed by atoms with Crippen molar-refractivity contribution in [3.63, 3.8) is 0 Å². The molecule has 5 nitrogen and oxygen atoms in total. The molecule has 152 valence electrons. The molecule has 1 fully saturated rings. The molecule has 1 saturated heterocycles. The van der Waals surface area contributed by atoms with E-state index in [1.807, 2.05) is 91.0 Å². The van der Waals surface area contributed by atoms with Crippen LogP contribution in [0, 0.1) is 0 Å². The number of carbonyl (C=O) groups is 2. The molecule has 1 aliphatic heterocycles. The first-order chi connectivity index (χ1) is 14.6. The fourth-order valence-corrected chi connectivity index (χ4v) is 3.91. The molecular weight excluding hydrogens is 376 g/mol. The highest BCUT2D eigenvalue weighted by molar-refractivity contribution is 5.92. The lowest BCUT2D eigenvalue weighted by atomic mass is 10.0. The van der Waals surface area contributed by atoms with Crippen molar-refractivity contribution in [1.82, 2.24) is 9.80 Å². The molecule has 1 heterocycles. The Hall–Kier alpha value is -3.60. The van der Waals surface area contributed by atoms with Crippen LogP contribution in [0.3, 0.4) is 0 Å².